The molecule has 2 aromatic carbocycles. The highest BCUT2D eigenvalue weighted by Crippen LogP contribution is 2.22. The number of carbonyl (C=O) groups is 2. The lowest BCUT2D eigenvalue weighted by Crippen LogP contribution is -2.48. The number of rotatable bonds is 8. The first-order valence-electron chi connectivity index (χ1n) is 11.6. The van der Waals surface area contributed by atoms with Crippen LogP contribution in [-0.2, 0) is 17.6 Å². The van der Waals surface area contributed by atoms with Gasteiger partial charge in [0.25, 0.3) is 5.91 Å². The molecule has 0 aliphatic carbocycles. The Morgan fingerprint density at radius 2 is 1.66 bits per heavy atom. The Bertz CT molecular complexity index is 1030. The highest BCUT2D eigenvalue weighted by molar-refractivity contribution is 5.96. The van der Waals surface area contributed by atoms with Crippen LogP contribution in [-0.4, -0.2) is 47.5 Å². The second-order valence-corrected chi connectivity index (χ2v) is 10.5. The number of hydrogen-bond donors (Lipinski definition) is 3. The summed E-state index contributed by atoms with van der Waals surface area (Å²) >= 11 is 0. The van der Waals surface area contributed by atoms with Crippen LogP contribution in [0.15, 0.2) is 42.5 Å². The molecule has 35 heavy (non-hydrogen) atoms. The minimum absolute atomic E-state index is 0.0129. The van der Waals surface area contributed by atoms with Crippen molar-refractivity contribution in [3.63, 3.8) is 0 Å². The number of carbonyl (C=O) groups excluding carboxylic acids is 2. The van der Waals surface area contributed by atoms with Gasteiger partial charge in [-0.15, -0.1) is 0 Å². The molecular formula is C27H37FN2O5. The minimum Gasteiger partial charge on any atom is -0.497 e. The smallest absolute Gasteiger partial charge is 0.407 e. The molecule has 2 amide bonds. The molecule has 0 fully saturated rings. The van der Waals surface area contributed by atoms with Gasteiger partial charge in [0.05, 0.1) is 19.3 Å². The number of benzene rings is 2. The van der Waals surface area contributed by atoms with Gasteiger partial charge in [-0.3, -0.25) is 4.79 Å². The highest BCUT2D eigenvalue weighted by Gasteiger charge is 2.28. The number of methoxy groups -OCH3 is 1. The number of alkyl carbamates (subject to hydrolysis) is 1. The van der Waals surface area contributed by atoms with Crippen molar-refractivity contribution in [3.05, 3.63) is 65.0 Å². The van der Waals surface area contributed by atoms with E-state index in [2.05, 4.69) is 10.6 Å². The standard InChI is InChI=1S/C27H37FN2O5/c1-26(2,3)30-24(32)20-13-12-19(34-7)14-18(20)16-23(31)22(29-25(33)35-27(4,5)6)15-17-10-8-9-11-21(17)28/h8-14,22-23,31H,15-16H2,1-7H3,(H,29,33)(H,30,32)/t22-,23+/m1/s1. The fourth-order valence-corrected chi connectivity index (χ4v) is 3.51. The predicted molar refractivity (Wildman–Crippen MR) is 133 cm³/mol. The molecule has 0 unspecified atom stereocenters. The minimum atomic E-state index is -1.16. The number of halogens is 1. The third-order valence-electron chi connectivity index (χ3n) is 5.04. The van der Waals surface area contributed by atoms with E-state index < -0.39 is 35.2 Å². The first kappa shape index (κ1) is 28.1. The van der Waals surface area contributed by atoms with Gasteiger partial charge in [0.15, 0.2) is 0 Å². The Kier molecular flexibility index (Phi) is 9.26. The Morgan fingerprint density at radius 1 is 1.00 bits per heavy atom. The molecule has 0 saturated heterocycles. The summed E-state index contributed by atoms with van der Waals surface area (Å²) < 4.78 is 25.0. The van der Waals surface area contributed by atoms with Gasteiger partial charge in [-0.05, 0) is 83.4 Å². The van der Waals surface area contributed by atoms with E-state index in [0.29, 0.717) is 22.4 Å². The van der Waals surface area contributed by atoms with E-state index >= 15 is 0 Å². The lowest BCUT2D eigenvalue weighted by atomic mass is 9.93. The van der Waals surface area contributed by atoms with Gasteiger partial charge in [-0.2, -0.15) is 0 Å². The Balaban J connectivity index is 2.36. The van der Waals surface area contributed by atoms with Crippen molar-refractivity contribution >= 4 is 12.0 Å². The highest BCUT2D eigenvalue weighted by atomic mass is 19.1. The number of amides is 2. The van der Waals surface area contributed by atoms with E-state index in [1.54, 1.807) is 57.2 Å². The zero-order chi connectivity index (χ0) is 26.4. The van der Waals surface area contributed by atoms with Gasteiger partial charge in [0, 0.05) is 17.5 Å². The molecule has 0 aromatic heterocycles. The van der Waals surface area contributed by atoms with Crippen LogP contribution >= 0.6 is 0 Å². The van der Waals surface area contributed by atoms with Crippen molar-refractivity contribution in [2.24, 2.45) is 0 Å². The van der Waals surface area contributed by atoms with E-state index in [9.17, 15) is 19.1 Å². The Hall–Kier alpha value is -3.13. The van der Waals surface area contributed by atoms with Crippen LogP contribution in [0.25, 0.3) is 0 Å². The van der Waals surface area contributed by atoms with Crippen LogP contribution in [0, 0.1) is 5.82 Å². The van der Waals surface area contributed by atoms with Crippen LogP contribution in [0.4, 0.5) is 9.18 Å². The maximum absolute atomic E-state index is 14.4. The normalized spacial score (nSPS) is 13.5. The molecule has 0 aliphatic rings. The molecule has 0 radical (unpaired) electrons. The molecule has 0 heterocycles. The summed E-state index contributed by atoms with van der Waals surface area (Å²) in [6.07, 6.45) is -1.84. The van der Waals surface area contributed by atoms with Crippen LogP contribution < -0.4 is 15.4 Å². The molecule has 0 spiro atoms. The summed E-state index contributed by atoms with van der Waals surface area (Å²) in [5.41, 5.74) is 0.0370. The fraction of sp³-hybridized carbons (Fsp3) is 0.481. The van der Waals surface area contributed by atoms with Crippen molar-refractivity contribution in [2.45, 2.75) is 77.7 Å². The zero-order valence-corrected chi connectivity index (χ0v) is 21.6. The van der Waals surface area contributed by atoms with Crippen LogP contribution in [0.1, 0.15) is 63.0 Å². The van der Waals surface area contributed by atoms with Crippen molar-refractivity contribution < 1.29 is 28.6 Å². The van der Waals surface area contributed by atoms with Gasteiger partial charge in [0.1, 0.15) is 17.2 Å². The molecule has 3 N–H and O–H groups in total. The largest absolute Gasteiger partial charge is 0.497 e. The summed E-state index contributed by atoms with van der Waals surface area (Å²) in [7, 11) is 1.51. The molecule has 2 atom stereocenters. The van der Waals surface area contributed by atoms with Gasteiger partial charge >= 0.3 is 6.09 Å². The van der Waals surface area contributed by atoms with E-state index in [1.807, 2.05) is 20.8 Å². The second-order valence-electron chi connectivity index (χ2n) is 10.5. The third-order valence-corrected chi connectivity index (χ3v) is 5.04. The number of aliphatic hydroxyl groups is 1. The van der Waals surface area contributed by atoms with Crippen LogP contribution in [0.2, 0.25) is 0 Å². The van der Waals surface area contributed by atoms with Crippen LogP contribution in [0.5, 0.6) is 5.75 Å². The van der Waals surface area contributed by atoms with Crippen molar-refractivity contribution in [1.29, 1.82) is 0 Å². The predicted octanol–water partition coefficient (Wildman–Crippen LogP) is 4.40. The first-order valence-corrected chi connectivity index (χ1v) is 11.6. The lowest BCUT2D eigenvalue weighted by Gasteiger charge is -2.28. The summed E-state index contributed by atoms with van der Waals surface area (Å²) in [5, 5.41) is 16.8. The molecule has 2 rings (SSSR count). The Morgan fingerprint density at radius 3 is 2.23 bits per heavy atom. The molecule has 192 valence electrons. The third kappa shape index (κ3) is 9.20. The molecule has 0 bridgehead atoms. The topological polar surface area (TPSA) is 96.9 Å². The zero-order valence-electron chi connectivity index (χ0n) is 21.6. The van der Waals surface area contributed by atoms with Gasteiger partial charge < -0.3 is 25.2 Å². The van der Waals surface area contributed by atoms with E-state index in [-0.39, 0.29) is 18.7 Å². The molecule has 0 aliphatic heterocycles. The Labute approximate surface area is 207 Å². The van der Waals surface area contributed by atoms with E-state index in [0.717, 1.165) is 0 Å². The maximum atomic E-state index is 14.4. The van der Waals surface area contributed by atoms with Gasteiger partial charge in [-0.25, -0.2) is 9.18 Å². The van der Waals surface area contributed by atoms with E-state index in [4.69, 9.17) is 9.47 Å². The molecule has 2 aromatic rings. The summed E-state index contributed by atoms with van der Waals surface area (Å²) in [6.45, 7) is 10.8. The van der Waals surface area contributed by atoms with Crippen LogP contribution in [0.3, 0.4) is 0 Å². The summed E-state index contributed by atoms with van der Waals surface area (Å²) in [6, 6.07) is 10.3. The number of hydrogen-bond acceptors (Lipinski definition) is 5. The summed E-state index contributed by atoms with van der Waals surface area (Å²) in [5.74, 6) is -0.222. The monoisotopic (exact) mass is 488 g/mol. The van der Waals surface area contributed by atoms with Crippen molar-refractivity contribution in [1.82, 2.24) is 10.6 Å². The first-order chi connectivity index (χ1) is 16.2. The lowest BCUT2D eigenvalue weighted by molar-refractivity contribution is 0.0421. The second kappa shape index (κ2) is 11.5. The molecule has 0 saturated carbocycles. The number of ether oxygens (including phenoxy) is 2. The van der Waals surface area contributed by atoms with Gasteiger partial charge in [-0.1, -0.05) is 18.2 Å². The summed E-state index contributed by atoms with van der Waals surface area (Å²) in [4.78, 5) is 25.4. The molecule has 7 nitrogen and oxygen atoms in total. The maximum Gasteiger partial charge on any atom is 0.407 e. The van der Waals surface area contributed by atoms with Crippen molar-refractivity contribution in [2.75, 3.05) is 7.11 Å². The average Bonchev–Trinajstić information content (AvgIpc) is 2.72. The van der Waals surface area contributed by atoms with E-state index in [1.165, 1.54) is 13.2 Å². The SMILES string of the molecule is COc1ccc(C(=O)NC(C)(C)C)c(C[C@H](O)[C@@H](Cc2ccccc2F)NC(=O)OC(C)(C)C)c1. The fourth-order valence-electron chi connectivity index (χ4n) is 3.51. The molecular weight excluding hydrogens is 451 g/mol. The quantitative estimate of drug-likeness (QED) is 0.512. The number of nitrogens with one attached hydrogen (secondary N) is 2. The molecule has 8 heteroatoms. The van der Waals surface area contributed by atoms with Gasteiger partial charge in [0.2, 0.25) is 0 Å². The van der Waals surface area contributed by atoms with Crippen molar-refractivity contribution in [3.8, 4) is 5.75 Å². The number of aliphatic hydroxyl groups excluding tert-OH is 1. The average molecular weight is 489 g/mol.